The van der Waals surface area contributed by atoms with E-state index < -0.39 is 0 Å². The van der Waals surface area contributed by atoms with E-state index in [1.165, 1.54) is 38.5 Å². The lowest BCUT2D eigenvalue weighted by Crippen LogP contribution is -2.48. The second-order valence-corrected chi connectivity index (χ2v) is 9.11. The van der Waals surface area contributed by atoms with E-state index in [0.29, 0.717) is 6.42 Å². The van der Waals surface area contributed by atoms with Gasteiger partial charge in [0.2, 0.25) is 11.8 Å². The molecule has 138 valence electrons. The molecule has 5 heteroatoms. The summed E-state index contributed by atoms with van der Waals surface area (Å²) < 4.78 is 0. The molecule has 0 radical (unpaired) electrons. The van der Waals surface area contributed by atoms with Crippen molar-refractivity contribution in [3.05, 3.63) is 12.2 Å². The second-order valence-electron chi connectivity index (χ2n) is 9.11. The number of carbonyl (C=O) groups is 2. The molecule has 4 bridgehead atoms. The maximum Gasteiger partial charge on any atom is 0.239 e. The third-order valence-corrected chi connectivity index (χ3v) is 6.90. The largest absolute Gasteiger partial charge is 0.396 e. The van der Waals surface area contributed by atoms with Crippen molar-refractivity contribution in [1.82, 2.24) is 10.6 Å². The molecular formula is C20H30N2O3. The fourth-order valence-corrected chi connectivity index (χ4v) is 6.36. The van der Waals surface area contributed by atoms with Gasteiger partial charge in [-0.05, 0) is 68.1 Å². The van der Waals surface area contributed by atoms with Crippen molar-refractivity contribution in [2.24, 2.45) is 29.1 Å². The van der Waals surface area contributed by atoms with Crippen LogP contribution in [0.3, 0.4) is 0 Å². The average molecular weight is 346 g/mol. The highest BCUT2D eigenvalue weighted by molar-refractivity contribution is 5.85. The number of aliphatic hydroxyl groups is 1. The van der Waals surface area contributed by atoms with E-state index in [1.54, 1.807) is 0 Å². The van der Waals surface area contributed by atoms with Crippen LogP contribution in [0.5, 0.6) is 0 Å². The lowest BCUT2D eigenvalue weighted by molar-refractivity contribution is -0.132. The van der Waals surface area contributed by atoms with Gasteiger partial charge in [-0.15, -0.1) is 0 Å². The molecule has 0 spiro atoms. The van der Waals surface area contributed by atoms with Gasteiger partial charge in [-0.1, -0.05) is 12.2 Å². The third kappa shape index (κ3) is 3.76. The molecule has 0 aromatic rings. The lowest BCUT2D eigenvalue weighted by atomic mass is 9.49. The number of amides is 2. The Labute approximate surface area is 149 Å². The predicted octanol–water partition coefficient (Wildman–Crippen LogP) is 1.76. The van der Waals surface area contributed by atoms with Crippen LogP contribution < -0.4 is 10.6 Å². The number of nitrogens with one attached hydrogen (secondary N) is 2. The fraction of sp³-hybridized carbons (Fsp3) is 0.800. The number of hydrogen-bond donors (Lipinski definition) is 3. The summed E-state index contributed by atoms with van der Waals surface area (Å²) >= 11 is 0. The van der Waals surface area contributed by atoms with Crippen molar-refractivity contribution in [2.45, 2.75) is 57.4 Å². The van der Waals surface area contributed by atoms with Crippen LogP contribution in [-0.4, -0.2) is 36.1 Å². The summed E-state index contributed by atoms with van der Waals surface area (Å²) in [4.78, 5) is 24.5. The summed E-state index contributed by atoms with van der Waals surface area (Å²) in [5.74, 6) is 2.55. The molecule has 2 amide bonds. The van der Waals surface area contributed by atoms with Crippen LogP contribution in [-0.2, 0) is 9.59 Å². The van der Waals surface area contributed by atoms with Crippen molar-refractivity contribution in [3.63, 3.8) is 0 Å². The van der Waals surface area contributed by atoms with Crippen LogP contribution in [0.4, 0.5) is 0 Å². The van der Waals surface area contributed by atoms with Gasteiger partial charge in [-0.2, -0.15) is 0 Å². The van der Waals surface area contributed by atoms with Crippen molar-refractivity contribution < 1.29 is 14.7 Å². The molecule has 5 aliphatic carbocycles. The third-order valence-electron chi connectivity index (χ3n) is 6.90. The molecule has 4 saturated carbocycles. The summed E-state index contributed by atoms with van der Waals surface area (Å²) in [5, 5.41) is 14.9. The molecule has 4 fully saturated rings. The Morgan fingerprint density at radius 2 is 1.60 bits per heavy atom. The number of carbonyl (C=O) groups excluding carboxylic acids is 2. The Kier molecular flexibility index (Phi) is 4.61. The normalized spacial score (nSPS) is 41.1. The summed E-state index contributed by atoms with van der Waals surface area (Å²) in [6, 6.07) is -0.0234. The zero-order valence-corrected chi connectivity index (χ0v) is 14.9. The Bertz CT molecular complexity index is 536. The first-order chi connectivity index (χ1) is 12.0. The smallest absolute Gasteiger partial charge is 0.239 e. The molecule has 0 unspecified atom stereocenters. The van der Waals surface area contributed by atoms with E-state index in [9.17, 15) is 9.59 Å². The van der Waals surface area contributed by atoms with E-state index in [2.05, 4.69) is 10.6 Å². The molecule has 0 saturated heterocycles. The first-order valence-electron chi connectivity index (χ1n) is 9.89. The van der Waals surface area contributed by atoms with Crippen LogP contribution in [0.1, 0.15) is 51.4 Å². The number of hydrogen-bond acceptors (Lipinski definition) is 3. The van der Waals surface area contributed by atoms with E-state index in [-0.39, 0.29) is 42.3 Å². The first kappa shape index (κ1) is 17.1. The van der Waals surface area contributed by atoms with Crippen molar-refractivity contribution in [3.8, 4) is 0 Å². The topological polar surface area (TPSA) is 78.4 Å². The van der Waals surface area contributed by atoms with Gasteiger partial charge in [0.05, 0.1) is 6.54 Å². The van der Waals surface area contributed by atoms with Crippen LogP contribution in [0.15, 0.2) is 12.2 Å². The van der Waals surface area contributed by atoms with Crippen molar-refractivity contribution in [1.29, 1.82) is 0 Å². The van der Waals surface area contributed by atoms with Crippen LogP contribution >= 0.6 is 0 Å². The summed E-state index contributed by atoms with van der Waals surface area (Å²) in [6.45, 7) is 0.171. The van der Waals surface area contributed by atoms with Crippen LogP contribution in [0, 0.1) is 29.1 Å². The van der Waals surface area contributed by atoms with Gasteiger partial charge in [-0.25, -0.2) is 0 Å². The lowest BCUT2D eigenvalue weighted by Gasteiger charge is -2.56. The minimum Gasteiger partial charge on any atom is -0.396 e. The van der Waals surface area contributed by atoms with E-state index in [1.807, 2.05) is 12.2 Å². The molecule has 0 aromatic carbocycles. The molecule has 0 aromatic heterocycles. The number of rotatable bonds is 6. The summed E-state index contributed by atoms with van der Waals surface area (Å²) in [7, 11) is 0. The second kappa shape index (κ2) is 6.75. The standard InChI is InChI=1S/C20H30N2O3/c23-12-13-1-2-17(6-13)22-19(25)11-21-18(24)10-20-7-14-3-15(8-20)5-16(4-14)9-20/h1-2,13-17,23H,3-12H2,(H,21,24)(H,22,25)/t13-,14?,15?,16?,17+,20?/m0/s1. The first-order valence-corrected chi connectivity index (χ1v) is 9.89. The van der Waals surface area contributed by atoms with Gasteiger partial charge in [0.25, 0.3) is 0 Å². The Morgan fingerprint density at radius 1 is 0.960 bits per heavy atom. The monoisotopic (exact) mass is 346 g/mol. The van der Waals surface area contributed by atoms with Crippen molar-refractivity contribution >= 4 is 11.8 Å². The van der Waals surface area contributed by atoms with Crippen LogP contribution in [0.25, 0.3) is 0 Å². The highest BCUT2D eigenvalue weighted by Crippen LogP contribution is 2.61. The summed E-state index contributed by atoms with van der Waals surface area (Å²) in [6.07, 6.45) is 13.0. The van der Waals surface area contributed by atoms with E-state index in [0.717, 1.165) is 24.2 Å². The minimum absolute atomic E-state index is 0.0234. The SMILES string of the molecule is O=C(CC12CC3CC(CC(C3)C1)C2)NCC(=O)N[C@@H]1C=C[C@H](CO)C1. The van der Waals surface area contributed by atoms with E-state index in [4.69, 9.17) is 5.11 Å². The number of aliphatic hydroxyl groups excluding tert-OH is 1. The highest BCUT2D eigenvalue weighted by atomic mass is 16.3. The molecule has 0 heterocycles. The van der Waals surface area contributed by atoms with Crippen LogP contribution in [0.2, 0.25) is 0 Å². The zero-order chi connectivity index (χ0) is 17.4. The Morgan fingerprint density at radius 3 is 2.16 bits per heavy atom. The highest BCUT2D eigenvalue weighted by Gasteiger charge is 2.51. The molecule has 3 N–H and O–H groups in total. The average Bonchev–Trinajstić information content (AvgIpc) is 2.99. The molecule has 2 atom stereocenters. The fourth-order valence-electron chi connectivity index (χ4n) is 6.36. The van der Waals surface area contributed by atoms with Gasteiger partial charge >= 0.3 is 0 Å². The maximum absolute atomic E-state index is 12.4. The van der Waals surface area contributed by atoms with Gasteiger partial charge in [-0.3, -0.25) is 9.59 Å². The van der Waals surface area contributed by atoms with Gasteiger partial charge < -0.3 is 15.7 Å². The molecular weight excluding hydrogens is 316 g/mol. The predicted molar refractivity (Wildman–Crippen MR) is 94.5 cm³/mol. The zero-order valence-electron chi connectivity index (χ0n) is 14.9. The Balaban J connectivity index is 1.22. The quantitative estimate of drug-likeness (QED) is 0.641. The van der Waals surface area contributed by atoms with E-state index >= 15 is 0 Å². The molecule has 5 nitrogen and oxygen atoms in total. The van der Waals surface area contributed by atoms with Gasteiger partial charge in [0, 0.05) is 25.0 Å². The molecule has 0 aliphatic heterocycles. The Hall–Kier alpha value is -1.36. The molecule has 25 heavy (non-hydrogen) atoms. The molecule has 5 rings (SSSR count). The van der Waals surface area contributed by atoms with Gasteiger partial charge in [0.1, 0.15) is 0 Å². The van der Waals surface area contributed by atoms with Gasteiger partial charge in [0.15, 0.2) is 0 Å². The minimum atomic E-state index is -0.146. The summed E-state index contributed by atoms with van der Waals surface area (Å²) in [5.41, 5.74) is 0.220. The van der Waals surface area contributed by atoms with Crippen molar-refractivity contribution in [2.75, 3.05) is 13.2 Å². The molecule has 5 aliphatic rings. The maximum atomic E-state index is 12.4.